The molecule has 3 N–H and O–H groups in total. The number of rotatable bonds is 24. The highest BCUT2D eigenvalue weighted by atomic mass is 32.2. The second kappa shape index (κ2) is 19.0. The first-order chi connectivity index (χ1) is 19.1. The highest BCUT2D eigenvalue weighted by molar-refractivity contribution is 7.91. The van der Waals surface area contributed by atoms with Crippen molar-refractivity contribution < 1.29 is 32.2 Å². The van der Waals surface area contributed by atoms with E-state index in [1.165, 1.54) is 76.5 Å². The molecule has 1 saturated carbocycles. The summed E-state index contributed by atoms with van der Waals surface area (Å²) in [4.78, 5) is 27.5. The summed E-state index contributed by atoms with van der Waals surface area (Å²) in [6, 6.07) is 1.39. The van der Waals surface area contributed by atoms with Crippen molar-refractivity contribution in [2.24, 2.45) is 5.92 Å². The Morgan fingerprint density at radius 3 is 2.23 bits per heavy atom. The van der Waals surface area contributed by atoms with Gasteiger partial charge in [-0.05, 0) is 24.8 Å². The summed E-state index contributed by atoms with van der Waals surface area (Å²) in [5.74, 6) is 1.03. The molecule has 1 unspecified atom stereocenters. The summed E-state index contributed by atoms with van der Waals surface area (Å²) < 4.78 is 47.8. The second-order valence-electron chi connectivity index (χ2n) is 11.0. The summed E-state index contributed by atoms with van der Waals surface area (Å²) in [6.45, 7) is -0.925. The van der Waals surface area contributed by atoms with E-state index in [9.17, 15) is 27.8 Å². The Balaban J connectivity index is 1.47. The Labute approximate surface area is 239 Å². The molecule has 232 valence electrons. The van der Waals surface area contributed by atoms with Crippen LogP contribution in [0.3, 0.4) is 0 Å². The Morgan fingerprint density at radius 2 is 1.65 bits per heavy atom. The maximum atomic E-state index is 12.3. The summed E-state index contributed by atoms with van der Waals surface area (Å²) in [6.07, 6.45) is 16.9. The SMILES string of the molecule is Nc1ccn(C[C@@H](CO)OCP(=O)([O-])OCCCS(=O)(=O)CCCCCCCCCCCCC2CCC2)c(=O)n1. The molecule has 2 rings (SSSR count). The fourth-order valence-electron chi connectivity index (χ4n) is 4.73. The van der Waals surface area contributed by atoms with E-state index in [1.807, 2.05) is 0 Å². The smallest absolute Gasteiger partial charge is 0.349 e. The Morgan fingerprint density at radius 1 is 1.05 bits per heavy atom. The number of aromatic nitrogens is 2. The molecule has 1 aliphatic rings. The number of unbranched alkanes of at least 4 members (excludes halogenated alkanes) is 9. The molecule has 0 saturated heterocycles. The van der Waals surface area contributed by atoms with Crippen molar-refractivity contribution in [2.45, 2.75) is 109 Å². The van der Waals surface area contributed by atoms with Gasteiger partial charge in [0.2, 0.25) is 0 Å². The van der Waals surface area contributed by atoms with Gasteiger partial charge < -0.3 is 29.6 Å². The fourth-order valence-corrected chi connectivity index (χ4v) is 7.01. The minimum Gasteiger partial charge on any atom is -0.777 e. The number of anilines is 1. The molecule has 1 aromatic rings. The normalized spacial score (nSPS) is 16.4. The molecule has 13 heteroatoms. The number of hydrogen-bond donors (Lipinski definition) is 2. The van der Waals surface area contributed by atoms with Gasteiger partial charge in [0, 0.05) is 6.20 Å². The Kier molecular flexibility index (Phi) is 16.6. The van der Waals surface area contributed by atoms with Gasteiger partial charge in [-0.2, -0.15) is 4.98 Å². The van der Waals surface area contributed by atoms with Crippen LogP contribution >= 0.6 is 7.60 Å². The van der Waals surface area contributed by atoms with Crippen molar-refractivity contribution in [1.82, 2.24) is 9.55 Å². The zero-order valence-corrected chi connectivity index (χ0v) is 25.5. The second-order valence-corrected chi connectivity index (χ2v) is 15.0. The number of nitrogen functional groups attached to an aromatic ring is 1. The minimum atomic E-state index is -4.42. The molecule has 1 heterocycles. The van der Waals surface area contributed by atoms with Crippen molar-refractivity contribution in [1.29, 1.82) is 0 Å². The van der Waals surface area contributed by atoms with Crippen LogP contribution in [0.5, 0.6) is 0 Å². The third-order valence-electron chi connectivity index (χ3n) is 7.40. The first-order valence-corrected chi connectivity index (χ1v) is 18.4. The number of nitrogens with zero attached hydrogens (tertiary/aromatic N) is 2. The van der Waals surface area contributed by atoms with E-state index in [1.54, 1.807) is 0 Å². The number of sulfone groups is 1. The maximum absolute atomic E-state index is 12.3. The van der Waals surface area contributed by atoms with Crippen molar-refractivity contribution in [3.8, 4) is 0 Å². The number of aliphatic hydroxyl groups is 1. The van der Waals surface area contributed by atoms with Gasteiger partial charge in [0.15, 0.2) is 7.60 Å². The molecular formula is C27H49N3O8PS-. The highest BCUT2D eigenvalue weighted by Gasteiger charge is 2.17. The summed E-state index contributed by atoms with van der Waals surface area (Å²) in [5, 5.41) is 9.45. The zero-order chi connectivity index (χ0) is 29.3. The molecule has 11 nitrogen and oxygen atoms in total. The minimum absolute atomic E-state index is 0.0441. The van der Waals surface area contributed by atoms with Gasteiger partial charge in [0.25, 0.3) is 0 Å². The molecule has 0 aromatic carbocycles. The van der Waals surface area contributed by atoms with Crippen LogP contribution in [-0.2, 0) is 30.2 Å². The van der Waals surface area contributed by atoms with Crippen molar-refractivity contribution in [2.75, 3.05) is 36.8 Å². The van der Waals surface area contributed by atoms with Gasteiger partial charge in [-0.3, -0.25) is 4.57 Å². The Hall–Kier alpha value is -1.30. The van der Waals surface area contributed by atoms with Gasteiger partial charge in [-0.1, -0.05) is 83.5 Å². The quantitative estimate of drug-likeness (QED) is 0.131. The van der Waals surface area contributed by atoms with Gasteiger partial charge in [0.1, 0.15) is 22.0 Å². The predicted octanol–water partition coefficient (Wildman–Crippen LogP) is 3.63. The molecule has 1 aliphatic carbocycles. The monoisotopic (exact) mass is 606 g/mol. The predicted molar refractivity (Wildman–Crippen MR) is 155 cm³/mol. The van der Waals surface area contributed by atoms with Crippen molar-refractivity contribution in [3.05, 3.63) is 22.7 Å². The summed E-state index contributed by atoms with van der Waals surface area (Å²) in [5.41, 5.74) is 4.78. The molecule has 2 atom stereocenters. The van der Waals surface area contributed by atoms with Crippen molar-refractivity contribution >= 4 is 23.3 Å². The largest absolute Gasteiger partial charge is 0.777 e. The van der Waals surface area contributed by atoms with Crippen LogP contribution in [0.25, 0.3) is 0 Å². The lowest BCUT2D eigenvalue weighted by Crippen LogP contribution is -2.32. The van der Waals surface area contributed by atoms with Crippen molar-refractivity contribution in [3.63, 3.8) is 0 Å². The number of aliphatic hydroxyl groups excluding tert-OH is 1. The fraction of sp³-hybridized carbons (Fsp3) is 0.852. The number of ether oxygens (including phenoxy) is 1. The summed E-state index contributed by atoms with van der Waals surface area (Å²) >= 11 is 0. The first-order valence-electron chi connectivity index (χ1n) is 14.8. The molecule has 40 heavy (non-hydrogen) atoms. The molecule has 0 amide bonds. The zero-order valence-electron chi connectivity index (χ0n) is 23.8. The molecule has 0 spiro atoms. The number of nitrogens with two attached hydrogens (primary N) is 1. The molecule has 1 aromatic heterocycles. The molecule has 0 aliphatic heterocycles. The van der Waals surface area contributed by atoms with Gasteiger partial charge >= 0.3 is 5.69 Å². The lowest BCUT2D eigenvalue weighted by molar-refractivity contribution is -0.205. The Bertz CT molecular complexity index is 1050. The third-order valence-corrected chi connectivity index (χ3v) is 10.3. The molecule has 0 bridgehead atoms. The first kappa shape index (κ1) is 34.9. The lowest BCUT2D eigenvalue weighted by atomic mass is 9.81. The molecule has 0 radical (unpaired) electrons. The number of hydrogen-bond acceptors (Lipinski definition) is 10. The van der Waals surface area contributed by atoms with E-state index in [0.29, 0.717) is 6.42 Å². The molecule has 1 fully saturated rings. The van der Waals surface area contributed by atoms with Crippen LogP contribution in [0, 0.1) is 5.92 Å². The van der Waals surface area contributed by atoms with E-state index in [-0.39, 0.29) is 36.9 Å². The van der Waals surface area contributed by atoms with Crippen LogP contribution in [-0.4, -0.2) is 60.2 Å². The van der Waals surface area contributed by atoms with Crippen LogP contribution in [0.4, 0.5) is 5.82 Å². The van der Waals surface area contributed by atoms with E-state index in [4.69, 9.17) is 15.0 Å². The van der Waals surface area contributed by atoms with E-state index in [2.05, 4.69) is 4.98 Å². The summed E-state index contributed by atoms with van der Waals surface area (Å²) in [7, 11) is -7.69. The highest BCUT2D eigenvalue weighted by Crippen LogP contribution is 2.37. The van der Waals surface area contributed by atoms with Crippen LogP contribution < -0.4 is 16.3 Å². The maximum Gasteiger partial charge on any atom is 0.349 e. The van der Waals surface area contributed by atoms with Gasteiger partial charge in [-0.25, -0.2) is 13.2 Å². The van der Waals surface area contributed by atoms with Gasteiger partial charge in [-0.15, -0.1) is 0 Å². The van der Waals surface area contributed by atoms with E-state index >= 15 is 0 Å². The van der Waals surface area contributed by atoms with Crippen LogP contribution in [0.2, 0.25) is 0 Å². The van der Waals surface area contributed by atoms with Crippen LogP contribution in [0.15, 0.2) is 17.1 Å². The standard InChI is InChI=1S/C27H50N3O8PS/c28-26-16-17-30(27(32)29-26)21-25(22-31)37-23-39(33,34)38-18-12-20-40(35,36)19-10-8-6-4-2-1-3-5-7-9-13-24-14-11-15-24/h16-17,24-25,31H,1-15,18-23H2,(H,33,34)(H2,28,29,32)/p-1/t25-/m0/s1. The third kappa shape index (κ3) is 15.6. The average Bonchev–Trinajstić information content (AvgIpc) is 2.87. The van der Waals surface area contributed by atoms with E-state index < -0.39 is 42.2 Å². The average molecular weight is 607 g/mol. The topological polar surface area (TPSA) is 174 Å². The van der Waals surface area contributed by atoms with E-state index in [0.717, 1.165) is 29.7 Å². The van der Waals surface area contributed by atoms with Crippen LogP contribution in [0.1, 0.15) is 96.3 Å². The molecular weight excluding hydrogens is 557 g/mol. The van der Waals surface area contributed by atoms with Gasteiger partial charge in [0.05, 0.1) is 37.4 Å². The lowest BCUT2D eigenvalue weighted by Gasteiger charge is -2.25.